The Morgan fingerprint density at radius 3 is 2.59 bits per heavy atom. The van der Waals surface area contributed by atoms with Gasteiger partial charge in [-0.1, -0.05) is 11.6 Å². The van der Waals surface area contributed by atoms with Crippen LogP contribution in [0.15, 0.2) is 18.2 Å². The highest BCUT2D eigenvalue weighted by Crippen LogP contribution is 2.19. The number of nitrogen functional groups attached to an aromatic ring is 1. The summed E-state index contributed by atoms with van der Waals surface area (Å²) in [6.45, 7) is -0.691. The Morgan fingerprint density at radius 2 is 2.12 bits per heavy atom. The summed E-state index contributed by atoms with van der Waals surface area (Å²) in [4.78, 5) is 22.2. The molecule has 1 atom stereocenters. The number of carbonyl (C=O) groups excluding carboxylic acids is 1. The largest absolute Gasteiger partial charge is 0.480 e. The SMILES string of the molecule is Nc1ccc(C(=O)N[C@@H](CO)C(=O)O)cc1Cl. The number of halogens is 1. The highest BCUT2D eigenvalue weighted by Gasteiger charge is 2.19. The number of aliphatic hydroxyl groups is 1. The number of carbonyl (C=O) groups is 2. The first-order valence-electron chi connectivity index (χ1n) is 4.65. The molecule has 0 aliphatic rings. The van der Waals surface area contributed by atoms with Crippen LogP contribution in [0, 0.1) is 0 Å². The molecule has 0 radical (unpaired) electrons. The highest BCUT2D eigenvalue weighted by atomic mass is 35.5. The smallest absolute Gasteiger partial charge is 0.328 e. The second kappa shape index (κ2) is 5.51. The van der Waals surface area contributed by atoms with Gasteiger partial charge in [0.1, 0.15) is 0 Å². The number of benzene rings is 1. The van der Waals surface area contributed by atoms with Crippen LogP contribution < -0.4 is 11.1 Å². The standard InChI is InChI=1S/C10H11ClN2O4/c11-6-3-5(1-2-7(6)12)9(15)13-8(4-14)10(16)17/h1-3,8,14H,4,12H2,(H,13,15)(H,16,17)/t8-/m0/s1. The van der Waals surface area contributed by atoms with Crippen LogP contribution in [-0.2, 0) is 4.79 Å². The minimum atomic E-state index is -1.35. The Bertz CT molecular complexity index is 450. The van der Waals surface area contributed by atoms with E-state index in [9.17, 15) is 9.59 Å². The normalized spacial score (nSPS) is 11.9. The number of anilines is 1. The first-order valence-corrected chi connectivity index (χ1v) is 5.03. The molecular weight excluding hydrogens is 248 g/mol. The molecule has 0 bridgehead atoms. The second-order valence-electron chi connectivity index (χ2n) is 3.28. The average Bonchev–Trinajstić information content (AvgIpc) is 2.28. The molecule has 1 rings (SSSR count). The van der Waals surface area contributed by atoms with E-state index in [1.807, 2.05) is 0 Å². The van der Waals surface area contributed by atoms with E-state index >= 15 is 0 Å². The lowest BCUT2D eigenvalue weighted by Gasteiger charge is -2.11. The predicted molar refractivity (Wildman–Crippen MR) is 61.8 cm³/mol. The number of nitrogens with two attached hydrogens (primary N) is 1. The molecule has 0 heterocycles. The number of amides is 1. The topological polar surface area (TPSA) is 113 Å². The van der Waals surface area contributed by atoms with Crippen molar-refractivity contribution in [2.45, 2.75) is 6.04 Å². The summed E-state index contributed by atoms with van der Waals surface area (Å²) >= 11 is 5.72. The van der Waals surface area contributed by atoms with Crippen LogP contribution in [0.4, 0.5) is 5.69 Å². The van der Waals surface area contributed by atoms with Gasteiger partial charge in [-0.25, -0.2) is 4.79 Å². The van der Waals surface area contributed by atoms with Crippen LogP contribution in [0.1, 0.15) is 10.4 Å². The lowest BCUT2D eigenvalue weighted by Crippen LogP contribution is -2.43. The summed E-state index contributed by atoms with van der Waals surface area (Å²) in [5.74, 6) is -1.96. The van der Waals surface area contributed by atoms with Gasteiger partial charge < -0.3 is 21.3 Å². The third kappa shape index (κ3) is 3.33. The number of rotatable bonds is 4. The summed E-state index contributed by atoms with van der Waals surface area (Å²) in [7, 11) is 0. The zero-order valence-electron chi connectivity index (χ0n) is 8.68. The van der Waals surface area contributed by atoms with Crippen LogP contribution in [0.5, 0.6) is 0 Å². The molecule has 0 fully saturated rings. The maximum Gasteiger partial charge on any atom is 0.328 e. The van der Waals surface area contributed by atoms with Crippen molar-refractivity contribution >= 4 is 29.2 Å². The molecule has 0 unspecified atom stereocenters. The van der Waals surface area contributed by atoms with Gasteiger partial charge in [0.05, 0.1) is 17.3 Å². The van der Waals surface area contributed by atoms with E-state index in [4.69, 9.17) is 27.5 Å². The van der Waals surface area contributed by atoms with Crippen LogP contribution in [-0.4, -0.2) is 34.7 Å². The van der Waals surface area contributed by atoms with Gasteiger partial charge in [0.2, 0.25) is 0 Å². The van der Waals surface area contributed by atoms with Gasteiger partial charge in [0, 0.05) is 5.56 Å². The number of hydrogen-bond acceptors (Lipinski definition) is 4. The van der Waals surface area contributed by atoms with E-state index in [-0.39, 0.29) is 10.6 Å². The fourth-order valence-corrected chi connectivity index (χ4v) is 1.28. The molecule has 1 aromatic carbocycles. The Balaban J connectivity index is 2.82. The van der Waals surface area contributed by atoms with E-state index in [2.05, 4.69) is 5.32 Å². The maximum absolute atomic E-state index is 11.6. The van der Waals surface area contributed by atoms with Gasteiger partial charge in [0.15, 0.2) is 6.04 Å². The first kappa shape index (κ1) is 13.3. The quantitative estimate of drug-likeness (QED) is 0.572. The van der Waals surface area contributed by atoms with Crippen molar-refractivity contribution in [1.29, 1.82) is 0 Å². The molecule has 1 amide bonds. The number of hydrogen-bond donors (Lipinski definition) is 4. The summed E-state index contributed by atoms with van der Waals surface area (Å²) < 4.78 is 0. The molecule has 7 heteroatoms. The van der Waals surface area contributed by atoms with Crippen molar-refractivity contribution in [1.82, 2.24) is 5.32 Å². The average molecular weight is 259 g/mol. The molecule has 0 saturated heterocycles. The van der Waals surface area contributed by atoms with Crippen LogP contribution in [0.3, 0.4) is 0 Å². The first-order chi connectivity index (χ1) is 7.95. The second-order valence-corrected chi connectivity index (χ2v) is 3.69. The van der Waals surface area contributed by atoms with E-state index in [1.54, 1.807) is 0 Å². The van der Waals surface area contributed by atoms with E-state index in [0.29, 0.717) is 5.69 Å². The molecule has 0 saturated carbocycles. The minimum absolute atomic E-state index is 0.170. The Kier molecular flexibility index (Phi) is 4.30. The number of aliphatic hydroxyl groups excluding tert-OH is 1. The van der Waals surface area contributed by atoms with Crippen LogP contribution >= 0.6 is 11.6 Å². The molecule has 92 valence electrons. The Hall–Kier alpha value is -1.79. The molecule has 6 nitrogen and oxygen atoms in total. The van der Waals surface area contributed by atoms with Gasteiger partial charge in [-0.2, -0.15) is 0 Å². The highest BCUT2D eigenvalue weighted by molar-refractivity contribution is 6.33. The zero-order valence-corrected chi connectivity index (χ0v) is 9.44. The lowest BCUT2D eigenvalue weighted by molar-refractivity contribution is -0.140. The maximum atomic E-state index is 11.6. The fraction of sp³-hybridized carbons (Fsp3) is 0.200. The number of carboxylic acids is 1. The predicted octanol–water partition coefficient (Wildman–Crippen LogP) is 0.0975. The van der Waals surface area contributed by atoms with Gasteiger partial charge in [-0.05, 0) is 18.2 Å². The molecule has 17 heavy (non-hydrogen) atoms. The van der Waals surface area contributed by atoms with Gasteiger partial charge in [-0.15, -0.1) is 0 Å². The number of carboxylic acid groups (broad SMARTS) is 1. The van der Waals surface area contributed by atoms with Crippen LogP contribution in [0.2, 0.25) is 5.02 Å². The number of nitrogens with one attached hydrogen (secondary N) is 1. The van der Waals surface area contributed by atoms with Crippen molar-refractivity contribution in [2.24, 2.45) is 0 Å². The molecule has 0 spiro atoms. The molecule has 5 N–H and O–H groups in total. The van der Waals surface area contributed by atoms with Crippen molar-refractivity contribution in [3.8, 4) is 0 Å². The molecule has 1 aromatic rings. The summed E-state index contributed by atoms with van der Waals surface area (Å²) in [5, 5.41) is 19.7. The Morgan fingerprint density at radius 1 is 1.47 bits per heavy atom. The molecule has 0 aromatic heterocycles. The zero-order chi connectivity index (χ0) is 13.0. The van der Waals surface area contributed by atoms with Gasteiger partial charge in [-0.3, -0.25) is 4.79 Å². The van der Waals surface area contributed by atoms with Crippen molar-refractivity contribution in [2.75, 3.05) is 12.3 Å². The number of aliphatic carboxylic acids is 1. The van der Waals surface area contributed by atoms with Crippen molar-refractivity contribution < 1.29 is 19.8 Å². The third-order valence-corrected chi connectivity index (χ3v) is 2.38. The van der Waals surface area contributed by atoms with Crippen molar-refractivity contribution in [3.63, 3.8) is 0 Å². The van der Waals surface area contributed by atoms with Crippen LogP contribution in [0.25, 0.3) is 0 Å². The molecular formula is C10H11ClN2O4. The third-order valence-electron chi connectivity index (χ3n) is 2.05. The van der Waals surface area contributed by atoms with Gasteiger partial charge >= 0.3 is 5.97 Å². The summed E-state index contributed by atoms with van der Waals surface area (Å²) in [6, 6.07) is 2.82. The van der Waals surface area contributed by atoms with E-state index in [0.717, 1.165) is 0 Å². The Labute approximate surface area is 102 Å². The van der Waals surface area contributed by atoms with E-state index in [1.165, 1.54) is 18.2 Å². The minimum Gasteiger partial charge on any atom is -0.480 e. The van der Waals surface area contributed by atoms with Crippen molar-refractivity contribution in [3.05, 3.63) is 28.8 Å². The summed E-state index contributed by atoms with van der Waals surface area (Å²) in [5.41, 5.74) is 5.96. The van der Waals surface area contributed by atoms with E-state index < -0.39 is 24.5 Å². The lowest BCUT2D eigenvalue weighted by atomic mass is 10.2. The molecule has 0 aliphatic heterocycles. The van der Waals surface area contributed by atoms with Gasteiger partial charge in [0.25, 0.3) is 5.91 Å². The molecule has 0 aliphatic carbocycles. The fourth-order valence-electron chi connectivity index (χ4n) is 1.10. The monoisotopic (exact) mass is 258 g/mol. The summed E-state index contributed by atoms with van der Waals surface area (Å²) in [6.07, 6.45) is 0.